The van der Waals surface area contributed by atoms with Gasteiger partial charge in [-0.05, 0) is 113 Å². The number of aromatic nitrogens is 1. The molecule has 0 saturated carbocycles. The molecule has 0 bridgehead atoms. The van der Waals surface area contributed by atoms with Crippen LogP contribution in [0.1, 0.15) is 47.7 Å². The van der Waals surface area contributed by atoms with Gasteiger partial charge in [-0.15, -0.1) is 0 Å². The molecule has 0 N–H and O–H groups in total. The molecule has 212 valence electrons. The second-order valence-corrected chi connectivity index (χ2v) is 13.0. The van der Waals surface area contributed by atoms with E-state index in [2.05, 4.69) is 56.2 Å². The maximum Gasteiger partial charge on any atom is 0.338 e. The number of carbonyl (C=O) groups is 1. The molecule has 0 amide bonds. The van der Waals surface area contributed by atoms with Crippen LogP contribution in [0.4, 0.5) is 0 Å². The van der Waals surface area contributed by atoms with E-state index in [4.69, 9.17) is 14.7 Å². The molecular formula is C32H25I2N3O4S. The van der Waals surface area contributed by atoms with Crippen LogP contribution in [0.5, 0.6) is 5.75 Å². The van der Waals surface area contributed by atoms with Crippen molar-refractivity contribution in [2.75, 3.05) is 6.61 Å². The Labute approximate surface area is 274 Å². The number of carbonyl (C=O) groups excluding carboxylic acids is 1. The summed E-state index contributed by atoms with van der Waals surface area (Å²) in [6, 6.07) is 20.6. The third kappa shape index (κ3) is 6.23. The van der Waals surface area contributed by atoms with Crippen molar-refractivity contribution >= 4 is 68.6 Å². The lowest BCUT2D eigenvalue weighted by molar-refractivity contribution is -0.139. The first-order valence-electron chi connectivity index (χ1n) is 13.1. The van der Waals surface area contributed by atoms with Crippen molar-refractivity contribution < 1.29 is 14.3 Å². The number of nitriles is 1. The van der Waals surface area contributed by atoms with Crippen LogP contribution in [-0.2, 0) is 16.1 Å². The van der Waals surface area contributed by atoms with E-state index in [0.29, 0.717) is 32.8 Å². The molecule has 3 aromatic carbocycles. The molecule has 7 nitrogen and oxygen atoms in total. The van der Waals surface area contributed by atoms with Crippen molar-refractivity contribution in [3.8, 4) is 11.8 Å². The standard InChI is InChI=1S/C32H25I2N3O4S/c1-4-40-31(39)27-19(3)36-32-37(28(27)23-11-5-18(2)6-12-23)30(38)26(42-32)15-22-13-24(33)29(25(34)14-22)41-17-21-9-7-20(16-35)8-10-21/h5-15,28H,4,17H2,1-3H3/b26-15-/t28-/m1/s1. The van der Waals surface area contributed by atoms with Gasteiger partial charge in [0.25, 0.3) is 5.56 Å². The summed E-state index contributed by atoms with van der Waals surface area (Å²) in [5.41, 5.74) is 5.02. The average molecular weight is 801 g/mol. The summed E-state index contributed by atoms with van der Waals surface area (Å²) >= 11 is 5.77. The van der Waals surface area contributed by atoms with Gasteiger partial charge in [0.2, 0.25) is 0 Å². The lowest BCUT2D eigenvalue weighted by atomic mass is 9.95. The van der Waals surface area contributed by atoms with Crippen LogP contribution in [0.2, 0.25) is 0 Å². The van der Waals surface area contributed by atoms with E-state index in [1.807, 2.05) is 61.5 Å². The molecule has 0 unspecified atom stereocenters. The fraction of sp³-hybridized carbons (Fsp3) is 0.188. The Balaban J connectivity index is 1.53. The predicted octanol–water partition coefficient (Wildman–Crippen LogP) is 5.77. The van der Waals surface area contributed by atoms with Gasteiger partial charge in [-0.2, -0.15) is 5.26 Å². The minimum absolute atomic E-state index is 0.218. The predicted molar refractivity (Wildman–Crippen MR) is 179 cm³/mol. The van der Waals surface area contributed by atoms with Gasteiger partial charge in [0, 0.05) is 0 Å². The number of hydrogen-bond acceptors (Lipinski definition) is 7. The van der Waals surface area contributed by atoms with E-state index in [1.165, 1.54) is 11.3 Å². The van der Waals surface area contributed by atoms with Crippen molar-refractivity contribution in [1.82, 2.24) is 4.57 Å². The minimum Gasteiger partial charge on any atom is -0.487 e. The Morgan fingerprint density at radius 2 is 1.76 bits per heavy atom. The molecule has 0 radical (unpaired) electrons. The van der Waals surface area contributed by atoms with E-state index >= 15 is 0 Å². The molecule has 2 heterocycles. The van der Waals surface area contributed by atoms with Gasteiger partial charge in [-0.25, -0.2) is 9.79 Å². The summed E-state index contributed by atoms with van der Waals surface area (Å²) in [5.74, 6) is 0.285. The summed E-state index contributed by atoms with van der Waals surface area (Å²) < 4.78 is 15.4. The molecule has 1 aliphatic heterocycles. The van der Waals surface area contributed by atoms with Crippen LogP contribution in [0.15, 0.2) is 81.7 Å². The van der Waals surface area contributed by atoms with Gasteiger partial charge in [-0.1, -0.05) is 53.3 Å². The number of benzene rings is 3. The van der Waals surface area contributed by atoms with Gasteiger partial charge in [0.05, 0.1) is 47.2 Å². The summed E-state index contributed by atoms with van der Waals surface area (Å²) in [6.45, 7) is 6.14. The van der Waals surface area contributed by atoms with Crippen molar-refractivity contribution in [3.63, 3.8) is 0 Å². The van der Waals surface area contributed by atoms with Gasteiger partial charge in [0.15, 0.2) is 4.80 Å². The first-order valence-corrected chi connectivity index (χ1v) is 16.0. The van der Waals surface area contributed by atoms with E-state index in [9.17, 15) is 9.59 Å². The number of aryl methyl sites for hydroxylation is 1. The summed E-state index contributed by atoms with van der Waals surface area (Å²) in [4.78, 5) is 32.2. The van der Waals surface area contributed by atoms with Crippen LogP contribution in [0.25, 0.3) is 6.08 Å². The Hall–Kier alpha value is -3.28. The normalized spacial score (nSPS) is 14.7. The van der Waals surface area contributed by atoms with Crippen molar-refractivity contribution in [2.24, 2.45) is 4.99 Å². The maximum absolute atomic E-state index is 13.9. The molecule has 1 aliphatic rings. The molecule has 42 heavy (non-hydrogen) atoms. The van der Waals surface area contributed by atoms with Crippen LogP contribution < -0.4 is 19.6 Å². The fourth-order valence-corrected chi connectivity index (χ4v) is 7.81. The molecule has 5 rings (SSSR count). The van der Waals surface area contributed by atoms with Crippen molar-refractivity contribution in [3.05, 3.63) is 127 Å². The molecule has 10 heteroatoms. The van der Waals surface area contributed by atoms with Crippen LogP contribution in [-0.4, -0.2) is 17.1 Å². The number of halogens is 2. The zero-order valence-corrected chi connectivity index (χ0v) is 28.1. The monoisotopic (exact) mass is 801 g/mol. The SMILES string of the molecule is CCOC(=O)C1=C(C)N=c2s/c(=C\c3cc(I)c(OCc4ccc(C#N)cc4)c(I)c3)c(=O)n2[C@@H]1c1ccc(C)cc1. The van der Waals surface area contributed by atoms with Crippen molar-refractivity contribution in [2.45, 2.75) is 33.4 Å². The number of ether oxygens (including phenoxy) is 2. The zero-order valence-electron chi connectivity index (χ0n) is 23.0. The van der Waals surface area contributed by atoms with Gasteiger partial charge < -0.3 is 9.47 Å². The number of hydrogen-bond donors (Lipinski definition) is 0. The number of rotatable bonds is 7. The van der Waals surface area contributed by atoms with Crippen LogP contribution in [0.3, 0.4) is 0 Å². The van der Waals surface area contributed by atoms with Gasteiger partial charge in [-0.3, -0.25) is 9.36 Å². The highest BCUT2D eigenvalue weighted by molar-refractivity contribution is 14.1. The first-order chi connectivity index (χ1) is 20.2. The van der Waals surface area contributed by atoms with E-state index in [0.717, 1.165) is 35.1 Å². The lowest BCUT2D eigenvalue weighted by Crippen LogP contribution is -2.39. The van der Waals surface area contributed by atoms with Crippen LogP contribution >= 0.6 is 56.5 Å². The molecule has 1 atom stereocenters. The van der Waals surface area contributed by atoms with E-state index in [1.54, 1.807) is 30.5 Å². The first kappa shape index (κ1) is 30.2. The molecule has 1 aromatic heterocycles. The molecule has 0 fully saturated rings. The van der Waals surface area contributed by atoms with E-state index in [-0.39, 0.29) is 12.2 Å². The van der Waals surface area contributed by atoms with Crippen LogP contribution in [0, 0.1) is 25.4 Å². The highest BCUT2D eigenvalue weighted by Crippen LogP contribution is 2.32. The highest BCUT2D eigenvalue weighted by atomic mass is 127. The largest absolute Gasteiger partial charge is 0.487 e. The maximum atomic E-state index is 13.9. The third-order valence-corrected chi connectivity index (χ3v) is 9.28. The van der Waals surface area contributed by atoms with Crippen molar-refractivity contribution in [1.29, 1.82) is 5.26 Å². The average Bonchev–Trinajstić information content (AvgIpc) is 3.26. The quantitative estimate of drug-likeness (QED) is 0.175. The number of esters is 1. The number of fused-ring (bicyclic) bond motifs is 1. The lowest BCUT2D eigenvalue weighted by Gasteiger charge is -2.24. The minimum atomic E-state index is -0.638. The summed E-state index contributed by atoms with van der Waals surface area (Å²) in [6.07, 6.45) is 1.86. The third-order valence-electron chi connectivity index (χ3n) is 6.69. The van der Waals surface area contributed by atoms with E-state index < -0.39 is 12.0 Å². The van der Waals surface area contributed by atoms with Gasteiger partial charge in [0.1, 0.15) is 12.4 Å². The number of allylic oxidation sites excluding steroid dienone is 1. The Kier molecular flexibility index (Phi) is 9.29. The molecule has 0 aliphatic carbocycles. The summed E-state index contributed by atoms with van der Waals surface area (Å²) in [5, 5.41) is 9.01. The Morgan fingerprint density at radius 3 is 2.38 bits per heavy atom. The second kappa shape index (κ2) is 12.9. The summed E-state index contributed by atoms with van der Waals surface area (Å²) in [7, 11) is 0. The fourth-order valence-electron chi connectivity index (χ4n) is 4.64. The molecule has 0 spiro atoms. The Morgan fingerprint density at radius 1 is 1.10 bits per heavy atom. The second-order valence-electron chi connectivity index (χ2n) is 9.62. The molecule has 0 saturated heterocycles. The number of thiazole rings is 1. The number of nitrogens with zero attached hydrogens (tertiary/aromatic N) is 3. The zero-order chi connectivity index (χ0) is 30.0. The molecule has 4 aromatic rings. The molecular weight excluding hydrogens is 776 g/mol. The topological polar surface area (TPSA) is 93.7 Å². The van der Waals surface area contributed by atoms with Gasteiger partial charge >= 0.3 is 5.97 Å². The highest BCUT2D eigenvalue weighted by Gasteiger charge is 2.33. The smallest absolute Gasteiger partial charge is 0.338 e. The Bertz CT molecular complexity index is 1910.